The van der Waals surface area contributed by atoms with E-state index in [0.717, 1.165) is 23.9 Å². The molecule has 222 valence electrons. The summed E-state index contributed by atoms with van der Waals surface area (Å²) in [5.74, 6) is -0.128. The second-order valence-electron chi connectivity index (χ2n) is 11.6. The van der Waals surface area contributed by atoms with Gasteiger partial charge in [0.25, 0.3) is 0 Å². The van der Waals surface area contributed by atoms with Gasteiger partial charge in [-0.05, 0) is 30.5 Å². The first-order valence-electron chi connectivity index (χ1n) is 16.4. The van der Waals surface area contributed by atoms with Gasteiger partial charge in [-0.3, -0.25) is 4.79 Å². The zero-order valence-electron chi connectivity index (χ0n) is 25.0. The molecule has 1 amide bonds. The molecular formula is C34H58N2O3. The van der Waals surface area contributed by atoms with Gasteiger partial charge >= 0.3 is 0 Å². The second kappa shape index (κ2) is 21.6. The van der Waals surface area contributed by atoms with Crippen molar-refractivity contribution in [2.45, 2.75) is 155 Å². The van der Waals surface area contributed by atoms with Gasteiger partial charge < -0.3 is 20.5 Å². The highest BCUT2D eigenvalue weighted by Crippen LogP contribution is 2.35. The zero-order valence-corrected chi connectivity index (χ0v) is 25.0. The first-order valence-corrected chi connectivity index (χ1v) is 16.4. The number of hydrogen-bond acceptors (Lipinski definition) is 3. The van der Waals surface area contributed by atoms with Crippen LogP contribution in [-0.2, 0) is 11.2 Å². The smallest absolute Gasteiger partial charge is 0.220 e. The van der Waals surface area contributed by atoms with Gasteiger partial charge in [0, 0.05) is 30.1 Å². The van der Waals surface area contributed by atoms with E-state index < -0.39 is 0 Å². The number of H-pyrrole nitrogens is 1. The highest BCUT2D eigenvalue weighted by molar-refractivity contribution is 5.91. The number of rotatable bonds is 25. The summed E-state index contributed by atoms with van der Waals surface area (Å²) in [5, 5.41) is 23.5. The van der Waals surface area contributed by atoms with Gasteiger partial charge in [0.2, 0.25) is 5.91 Å². The molecule has 1 aromatic heterocycles. The second-order valence-corrected chi connectivity index (χ2v) is 11.6. The van der Waals surface area contributed by atoms with E-state index in [9.17, 15) is 15.0 Å². The minimum Gasteiger partial charge on any atom is -0.504 e. The van der Waals surface area contributed by atoms with Crippen molar-refractivity contribution in [3.63, 3.8) is 0 Å². The fourth-order valence-corrected chi connectivity index (χ4v) is 5.60. The number of benzene rings is 1. The molecule has 1 aromatic carbocycles. The van der Waals surface area contributed by atoms with Crippen LogP contribution in [0.3, 0.4) is 0 Å². The largest absolute Gasteiger partial charge is 0.504 e. The van der Waals surface area contributed by atoms with Crippen molar-refractivity contribution in [2.75, 3.05) is 6.54 Å². The number of fused-ring (bicyclic) bond motifs is 1. The number of nitrogens with one attached hydrogen (secondary N) is 2. The number of phenolic OH excluding ortho intramolecular Hbond substituents is 2. The van der Waals surface area contributed by atoms with Crippen LogP contribution in [0.5, 0.6) is 11.5 Å². The van der Waals surface area contributed by atoms with E-state index in [-0.39, 0.29) is 17.4 Å². The molecule has 0 spiro atoms. The van der Waals surface area contributed by atoms with Crippen molar-refractivity contribution in [3.05, 3.63) is 23.9 Å². The molecule has 5 nitrogen and oxygen atoms in total. The molecule has 4 N–H and O–H groups in total. The van der Waals surface area contributed by atoms with Gasteiger partial charge in [-0.25, -0.2) is 0 Å². The average molecular weight is 543 g/mol. The van der Waals surface area contributed by atoms with Crippen molar-refractivity contribution in [3.8, 4) is 11.5 Å². The van der Waals surface area contributed by atoms with Crippen LogP contribution < -0.4 is 5.32 Å². The fraction of sp³-hybridized carbons (Fsp3) is 0.735. The van der Waals surface area contributed by atoms with Crippen LogP contribution in [0, 0.1) is 0 Å². The van der Waals surface area contributed by atoms with Gasteiger partial charge in [0.05, 0.1) is 0 Å². The highest BCUT2D eigenvalue weighted by Gasteiger charge is 2.12. The van der Waals surface area contributed by atoms with Crippen LogP contribution in [0.1, 0.15) is 154 Å². The van der Waals surface area contributed by atoms with E-state index in [1.165, 1.54) is 128 Å². The Bertz CT molecular complexity index is 892. The third kappa shape index (κ3) is 14.7. The van der Waals surface area contributed by atoms with E-state index in [4.69, 9.17) is 0 Å². The maximum atomic E-state index is 12.1. The Morgan fingerprint density at radius 1 is 0.692 bits per heavy atom. The van der Waals surface area contributed by atoms with Crippen molar-refractivity contribution >= 4 is 16.8 Å². The Kier molecular flexibility index (Phi) is 18.3. The van der Waals surface area contributed by atoms with Gasteiger partial charge in [0.15, 0.2) is 11.5 Å². The Hall–Kier alpha value is -2.17. The number of carbonyl (C=O) groups excluding carboxylic acids is 1. The summed E-state index contributed by atoms with van der Waals surface area (Å²) in [4.78, 5) is 15.3. The van der Waals surface area contributed by atoms with Crippen molar-refractivity contribution in [1.82, 2.24) is 10.3 Å². The summed E-state index contributed by atoms with van der Waals surface area (Å²) in [6.45, 7) is 2.82. The van der Waals surface area contributed by atoms with Crippen molar-refractivity contribution in [2.24, 2.45) is 0 Å². The first kappa shape index (κ1) is 33.0. The molecule has 0 bridgehead atoms. The number of aromatic amines is 1. The number of aromatic hydroxyl groups is 2. The van der Waals surface area contributed by atoms with E-state index in [1.807, 2.05) is 6.20 Å². The quantitative estimate of drug-likeness (QED) is 0.0744. The molecule has 0 saturated heterocycles. The molecule has 0 unspecified atom stereocenters. The molecule has 0 fully saturated rings. The van der Waals surface area contributed by atoms with E-state index in [2.05, 4.69) is 17.2 Å². The summed E-state index contributed by atoms with van der Waals surface area (Å²) in [6.07, 6.45) is 31.7. The fourth-order valence-electron chi connectivity index (χ4n) is 5.60. The first-order chi connectivity index (χ1) is 19.1. The third-order valence-electron chi connectivity index (χ3n) is 8.10. The summed E-state index contributed by atoms with van der Waals surface area (Å²) in [6, 6.07) is 3.22. The number of hydrogen-bond donors (Lipinski definition) is 4. The molecule has 1 heterocycles. The Balaban J connectivity index is 1.30. The van der Waals surface area contributed by atoms with Gasteiger partial charge in [0.1, 0.15) is 0 Å². The van der Waals surface area contributed by atoms with Crippen LogP contribution in [-0.4, -0.2) is 27.6 Å². The van der Waals surface area contributed by atoms with E-state index >= 15 is 0 Å². The summed E-state index contributed by atoms with van der Waals surface area (Å²) < 4.78 is 0. The maximum absolute atomic E-state index is 12.1. The maximum Gasteiger partial charge on any atom is 0.220 e. The zero-order chi connectivity index (χ0) is 28.0. The van der Waals surface area contributed by atoms with Gasteiger partial charge in [-0.2, -0.15) is 0 Å². The highest BCUT2D eigenvalue weighted by atomic mass is 16.3. The van der Waals surface area contributed by atoms with Crippen molar-refractivity contribution < 1.29 is 15.0 Å². The molecule has 5 heteroatoms. The Morgan fingerprint density at radius 2 is 1.15 bits per heavy atom. The number of phenols is 2. The SMILES string of the molecule is CCCCCCCCCCCCCCCCCCCCCCCC(=O)NCCc1c[nH]c2ccc(O)c(O)c12. The van der Waals surface area contributed by atoms with Crippen LogP contribution in [0.4, 0.5) is 0 Å². The number of unbranched alkanes of at least 4 members (excludes halogenated alkanes) is 20. The molecule has 0 aliphatic heterocycles. The van der Waals surface area contributed by atoms with Crippen LogP contribution in [0.2, 0.25) is 0 Å². The number of carbonyl (C=O) groups is 1. The lowest BCUT2D eigenvalue weighted by molar-refractivity contribution is -0.121. The third-order valence-corrected chi connectivity index (χ3v) is 8.10. The lowest BCUT2D eigenvalue weighted by Crippen LogP contribution is -2.25. The number of aromatic nitrogens is 1. The van der Waals surface area contributed by atoms with Gasteiger partial charge in [-0.15, -0.1) is 0 Å². The molecule has 2 aromatic rings. The predicted octanol–water partition coefficient (Wildman–Crippen LogP) is 9.84. The minimum atomic E-state index is -0.123. The van der Waals surface area contributed by atoms with Gasteiger partial charge in [-0.1, -0.05) is 135 Å². The average Bonchev–Trinajstić information content (AvgIpc) is 3.35. The van der Waals surface area contributed by atoms with Crippen LogP contribution in [0.15, 0.2) is 18.3 Å². The van der Waals surface area contributed by atoms with E-state index in [1.54, 1.807) is 6.07 Å². The summed E-state index contributed by atoms with van der Waals surface area (Å²) in [5.41, 5.74) is 1.68. The molecular weight excluding hydrogens is 484 g/mol. The Morgan fingerprint density at radius 3 is 1.64 bits per heavy atom. The van der Waals surface area contributed by atoms with Crippen LogP contribution in [0.25, 0.3) is 10.9 Å². The predicted molar refractivity (Wildman–Crippen MR) is 166 cm³/mol. The van der Waals surface area contributed by atoms with Crippen LogP contribution >= 0.6 is 0 Å². The molecule has 0 radical (unpaired) electrons. The molecule has 0 aliphatic rings. The Labute approximate surface area is 238 Å². The normalized spacial score (nSPS) is 11.4. The topological polar surface area (TPSA) is 85.4 Å². The monoisotopic (exact) mass is 542 g/mol. The van der Waals surface area contributed by atoms with Crippen molar-refractivity contribution in [1.29, 1.82) is 0 Å². The molecule has 2 rings (SSSR count). The lowest BCUT2D eigenvalue weighted by atomic mass is 10.0. The molecule has 0 aliphatic carbocycles. The lowest BCUT2D eigenvalue weighted by Gasteiger charge is -2.06. The van der Waals surface area contributed by atoms with E-state index in [0.29, 0.717) is 24.8 Å². The minimum absolute atomic E-state index is 0.0970. The molecule has 39 heavy (non-hydrogen) atoms. The molecule has 0 atom stereocenters. The standard InChI is InChI=1S/C34H58N2O3/c1-2-3-4-5-6-7-8-9-10-11-12-13-14-15-16-17-18-19-20-21-22-23-32(38)35-27-26-29-28-36-30-24-25-31(37)34(39)33(29)30/h24-25,28,36-37,39H,2-23,26-27H2,1H3,(H,35,38). The number of amides is 1. The molecule has 0 saturated carbocycles. The summed E-state index contributed by atoms with van der Waals surface area (Å²) in [7, 11) is 0. The summed E-state index contributed by atoms with van der Waals surface area (Å²) >= 11 is 0.